The average molecular weight is 222 g/mol. The second-order valence-electron chi connectivity index (χ2n) is 4.03. The smallest absolute Gasteiger partial charge is 0.0325 e. The maximum atomic E-state index is 5.81. The Morgan fingerprint density at radius 3 is 2.73 bits per heavy atom. The van der Waals surface area contributed by atoms with Gasteiger partial charge in [0.15, 0.2) is 0 Å². The number of piperidine rings is 1. The van der Waals surface area contributed by atoms with Crippen molar-refractivity contribution in [3.63, 3.8) is 0 Å². The molecular formula is C12H18N2S. The van der Waals surface area contributed by atoms with Gasteiger partial charge in [0, 0.05) is 10.6 Å². The number of nitrogens with two attached hydrogens (primary N) is 1. The zero-order chi connectivity index (χ0) is 10.7. The van der Waals surface area contributed by atoms with E-state index in [2.05, 4.69) is 23.7 Å². The number of rotatable bonds is 2. The lowest BCUT2D eigenvalue weighted by Crippen LogP contribution is -2.26. The SMILES string of the molecule is CSc1cc(N)ccc1C1CCNCC1. The predicted octanol–water partition coefficient (Wildman–Crippen LogP) is 2.46. The van der Waals surface area contributed by atoms with Crippen molar-refractivity contribution < 1.29 is 0 Å². The first-order valence-electron chi connectivity index (χ1n) is 5.45. The monoisotopic (exact) mass is 222 g/mol. The molecule has 0 atom stereocenters. The van der Waals surface area contributed by atoms with Gasteiger partial charge in [-0.25, -0.2) is 0 Å². The van der Waals surface area contributed by atoms with Crippen LogP contribution in [0.1, 0.15) is 24.3 Å². The summed E-state index contributed by atoms with van der Waals surface area (Å²) in [4.78, 5) is 1.35. The van der Waals surface area contributed by atoms with E-state index in [0.29, 0.717) is 5.92 Å². The van der Waals surface area contributed by atoms with Crippen molar-refractivity contribution in [2.75, 3.05) is 25.1 Å². The minimum atomic E-state index is 0.717. The number of hydrogen-bond acceptors (Lipinski definition) is 3. The van der Waals surface area contributed by atoms with Gasteiger partial charge in [0.05, 0.1) is 0 Å². The molecule has 1 saturated heterocycles. The van der Waals surface area contributed by atoms with Gasteiger partial charge in [0.2, 0.25) is 0 Å². The van der Waals surface area contributed by atoms with Gasteiger partial charge in [-0.15, -0.1) is 11.8 Å². The zero-order valence-corrected chi connectivity index (χ0v) is 9.94. The molecular weight excluding hydrogens is 204 g/mol. The highest BCUT2D eigenvalue weighted by atomic mass is 32.2. The van der Waals surface area contributed by atoms with Gasteiger partial charge < -0.3 is 11.1 Å². The van der Waals surface area contributed by atoms with Crippen molar-refractivity contribution >= 4 is 17.4 Å². The van der Waals surface area contributed by atoms with Crippen molar-refractivity contribution in [2.45, 2.75) is 23.7 Å². The largest absolute Gasteiger partial charge is 0.399 e. The zero-order valence-electron chi connectivity index (χ0n) is 9.12. The second-order valence-corrected chi connectivity index (χ2v) is 4.87. The predicted molar refractivity (Wildman–Crippen MR) is 67.5 cm³/mol. The van der Waals surface area contributed by atoms with Crippen molar-refractivity contribution in [2.24, 2.45) is 0 Å². The Bertz CT molecular complexity index is 332. The summed E-state index contributed by atoms with van der Waals surface area (Å²) in [6.45, 7) is 2.28. The maximum Gasteiger partial charge on any atom is 0.0325 e. The highest BCUT2D eigenvalue weighted by Gasteiger charge is 2.17. The van der Waals surface area contributed by atoms with Crippen LogP contribution in [0.4, 0.5) is 5.69 Å². The first-order chi connectivity index (χ1) is 7.31. The Balaban J connectivity index is 2.25. The lowest BCUT2D eigenvalue weighted by molar-refractivity contribution is 0.456. The van der Waals surface area contributed by atoms with Crippen LogP contribution in [0.15, 0.2) is 23.1 Å². The molecule has 1 heterocycles. The van der Waals surface area contributed by atoms with Crippen LogP contribution in [0.25, 0.3) is 0 Å². The number of thioether (sulfide) groups is 1. The molecule has 0 aromatic heterocycles. The molecule has 0 bridgehead atoms. The van der Waals surface area contributed by atoms with Crippen LogP contribution in [0.2, 0.25) is 0 Å². The third-order valence-electron chi connectivity index (χ3n) is 3.04. The summed E-state index contributed by atoms with van der Waals surface area (Å²) in [5.41, 5.74) is 8.16. The van der Waals surface area contributed by atoms with E-state index in [9.17, 15) is 0 Å². The van der Waals surface area contributed by atoms with Gasteiger partial charge in [0.25, 0.3) is 0 Å². The first kappa shape index (κ1) is 10.8. The van der Waals surface area contributed by atoms with Gasteiger partial charge in [0.1, 0.15) is 0 Å². The molecule has 2 rings (SSSR count). The average Bonchev–Trinajstić information content (AvgIpc) is 2.30. The third-order valence-corrected chi connectivity index (χ3v) is 3.83. The fourth-order valence-corrected chi connectivity index (χ4v) is 2.92. The standard InChI is InChI=1S/C12H18N2S/c1-15-12-8-10(13)2-3-11(12)9-4-6-14-7-5-9/h2-3,8-9,14H,4-7,13H2,1H3. The van der Waals surface area contributed by atoms with E-state index in [1.165, 1.54) is 23.3 Å². The number of nitrogens with one attached hydrogen (secondary N) is 1. The van der Waals surface area contributed by atoms with Crippen molar-refractivity contribution in [1.29, 1.82) is 0 Å². The van der Waals surface area contributed by atoms with E-state index in [4.69, 9.17) is 5.73 Å². The van der Waals surface area contributed by atoms with Gasteiger partial charge in [-0.05, 0) is 55.8 Å². The molecule has 1 aliphatic heterocycles. The molecule has 0 saturated carbocycles. The highest BCUT2D eigenvalue weighted by molar-refractivity contribution is 7.98. The number of nitrogen functional groups attached to an aromatic ring is 1. The Morgan fingerprint density at radius 1 is 1.33 bits per heavy atom. The van der Waals surface area contributed by atoms with E-state index in [0.717, 1.165) is 18.8 Å². The van der Waals surface area contributed by atoms with Crippen LogP contribution in [0.5, 0.6) is 0 Å². The summed E-state index contributed by atoms with van der Waals surface area (Å²) >= 11 is 1.80. The number of benzene rings is 1. The molecule has 1 aromatic rings. The molecule has 1 aliphatic rings. The summed E-state index contributed by atoms with van der Waals surface area (Å²) < 4.78 is 0. The molecule has 3 N–H and O–H groups in total. The maximum absolute atomic E-state index is 5.81. The second kappa shape index (κ2) is 4.90. The summed E-state index contributed by atoms with van der Waals surface area (Å²) in [7, 11) is 0. The van der Waals surface area contributed by atoms with Gasteiger partial charge >= 0.3 is 0 Å². The number of hydrogen-bond donors (Lipinski definition) is 2. The van der Waals surface area contributed by atoms with Gasteiger partial charge in [-0.3, -0.25) is 0 Å². The minimum absolute atomic E-state index is 0.717. The Labute approximate surface area is 95.6 Å². The molecule has 0 radical (unpaired) electrons. The fraction of sp³-hybridized carbons (Fsp3) is 0.500. The van der Waals surface area contributed by atoms with Gasteiger partial charge in [-0.2, -0.15) is 0 Å². The summed E-state index contributed by atoms with van der Waals surface area (Å²) in [6.07, 6.45) is 4.62. The molecule has 0 aliphatic carbocycles. The Kier molecular flexibility index (Phi) is 3.54. The van der Waals surface area contributed by atoms with E-state index in [1.54, 1.807) is 11.8 Å². The Morgan fingerprint density at radius 2 is 2.07 bits per heavy atom. The van der Waals surface area contributed by atoms with Crippen molar-refractivity contribution in [3.8, 4) is 0 Å². The highest BCUT2D eigenvalue weighted by Crippen LogP contribution is 2.33. The lowest BCUT2D eigenvalue weighted by atomic mass is 9.90. The normalized spacial score (nSPS) is 17.9. The quantitative estimate of drug-likeness (QED) is 0.596. The van der Waals surface area contributed by atoms with Crippen LogP contribution in [-0.4, -0.2) is 19.3 Å². The van der Waals surface area contributed by atoms with Crippen LogP contribution in [0.3, 0.4) is 0 Å². The molecule has 0 amide bonds. The minimum Gasteiger partial charge on any atom is -0.399 e. The van der Waals surface area contributed by atoms with E-state index in [1.807, 2.05) is 6.07 Å². The molecule has 1 fully saturated rings. The van der Waals surface area contributed by atoms with Gasteiger partial charge in [-0.1, -0.05) is 6.07 Å². The topological polar surface area (TPSA) is 38.0 Å². The fourth-order valence-electron chi connectivity index (χ4n) is 2.20. The van der Waals surface area contributed by atoms with Crippen molar-refractivity contribution in [3.05, 3.63) is 23.8 Å². The third kappa shape index (κ3) is 2.47. The molecule has 0 unspecified atom stereocenters. The first-order valence-corrected chi connectivity index (χ1v) is 6.68. The van der Waals surface area contributed by atoms with Crippen LogP contribution >= 0.6 is 11.8 Å². The molecule has 2 nitrogen and oxygen atoms in total. The molecule has 0 spiro atoms. The Hall–Kier alpha value is -0.670. The van der Waals surface area contributed by atoms with Crippen LogP contribution in [-0.2, 0) is 0 Å². The summed E-state index contributed by atoms with van der Waals surface area (Å²) in [5.74, 6) is 0.717. The molecule has 1 aromatic carbocycles. The van der Waals surface area contributed by atoms with Crippen LogP contribution in [0, 0.1) is 0 Å². The number of anilines is 1. The van der Waals surface area contributed by atoms with E-state index in [-0.39, 0.29) is 0 Å². The molecule has 15 heavy (non-hydrogen) atoms. The summed E-state index contributed by atoms with van der Waals surface area (Å²) in [5, 5.41) is 3.40. The molecule has 3 heteroatoms. The van der Waals surface area contributed by atoms with Crippen LogP contribution < -0.4 is 11.1 Å². The van der Waals surface area contributed by atoms with E-state index >= 15 is 0 Å². The summed E-state index contributed by atoms with van der Waals surface area (Å²) in [6, 6.07) is 6.33. The van der Waals surface area contributed by atoms with Crippen molar-refractivity contribution in [1.82, 2.24) is 5.32 Å². The van der Waals surface area contributed by atoms with E-state index < -0.39 is 0 Å². The lowest BCUT2D eigenvalue weighted by Gasteiger charge is -2.24. The molecule has 82 valence electrons.